The van der Waals surface area contributed by atoms with E-state index in [1.807, 2.05) is 18.2 Å². The van der Waals surface area contributed by atoms with Crippen molar-refractivity contribution in [3.05, 3.63) is 36.4 Å². The predicted molar refractivity (Wildman–Crippen MR) is 90.0 cm³/mol. The fourth-order valence-electron chi connectivity index (χ4n) is 2.59. The second-order valence-corrected chi connectivity index (χ2v) is 5.86. The minimum Gasteiger partial charge on any atom is -0.497 e. The van der Waals surface area contributed by atoms with Crippen molar-refractivity contribution in [2.75, 3.05) is 34.0 Å². The summed E-state index contributed by atoms with van der Waals surface area (Å²) in [6, 6.07) is 6.43. The number of benzene rings is 1. The van der Waals surface area contributed by atoms with Gasteiger partial charge in [0.1, 0.15) is 11.5 Å². The molecule has 0 saturated heterocycles. The molecule has 128 valence electrons. The van der Waals surface area contributed by atoms with Crippen LogP contribution in [0.1, 0.15) is 18.4 Å². The Labute approximate surface area is 138 Å². The van der Waals surface area contributed by atoms with Crippen molar-refractivity contribution in [3.8, 4) is 11.5 Å². The SMILES string of the molecule is C=CCOC[C@@H](O)CN(Cc1cc(OC)cc(OC)c1)C1CC1. The van der Waals surface area contributed by atoms with Crippen molar-refractivity contribution < 1.29 is 19.3 Å². The lowest BCUT2D eigenvalue weighted by Gasteiger charge is -2.25. The monoisotopic (exact) mass is 321 g/mol. The van der Waals surface area contributed by atoms with Crippen LogP contribution < -0.4 is 9.47 Å². The molecule has 1 fully saturated rings. The van der Waals surface area contributed by atoms with Crippen molar-refractivity contribution in [3.63, 3.8) is 0 Å². The molecule has 1 aliphatic rings. The van der Waals surface area contributed by atoms with Crippen LogP contribution in [0.3, 0.4) is 0 Å². The summed E-state index contributed by atoms with van der Waals surface area (Å²) in [6.45, 7) is 5.76. The lowest BCUT2D eigenvalue weighted by molar-refractivity contribution is 0.0227. The van der Waals surface area contributed by atoms with Gasteiger partial charge in [-0.1, -0.05) is 6.08 Å². The van der Waals surface area contributed by atoms with E-state index < -0.39 is 6.10 Å². The zero-order chi connectivity index (χ0) is 16.7. The third-order valence-corrected chi connectivity index (χ3v) is 3.85. The van der Waals surface area contributed by atoms with Crippen LogP contribution in [0.25, 0.3) is 0 Å². The van der Waals surface area contributed by atoms with E-state index in [0.717, 1.165) is 23.6 Å². The highest BCUT2D eigenvalue weighted by atomic mass is 16.5. The van der Waals surface area contributed by atoms with Gasteiger partial charge in [-0.05, 0) is 30.5 Å². The highest BCUT2D eigenvalue weighted by molar-refractivity contribution is 5.38. The van der Waals surface area contributed by atoms with Gasteiger partial charge in [-0.15, -0.1) is 6.58 Å². The zero-order valence-electron chi connectivity index (χ0n) is 14.0. The Balaban J connectivity index is 1.97. The second kappa shape index (κ2) is 8.91. The highest BCUT2D eigenvalue weighted by Crippen LogP contribution is 2.30. The summed E-state index contributed by atoms with van der Waals surface area (Å²) in [5, 5.41) is 10.2. The van der Waals surface area contributed by atoms with Crippen LogP contribution in [0.15, 0.2) is 30.9 Å². The van der Waals surface area contributed by atoms with Crippen LogP contribution in [0.4, 0.5) is 0 Å². The second-order valence-electron chi connectivity index (χ2n) is 5.86. The number of rotatable bonds is 11. The lowest BCUT2D eigenvalue weighted by Crippen LogP contribution is -2.36. The van der Waals surface area contributed by atoms with Gasteiger partial charge < -0.3 is 19.3 Å². The molecule has 5 heteroatoms. The van der Waals surface area contributed by atoms with Gasteiger partial charge in [0.15, 0.2) is 0 Å². The summed E-state index contributed by atoms with van der Waals surface area (Å²) in [6.07, 6.45) is 3.55. The quantitative estimate of drug-likeness (QED) is 0.500. The molecule has 0 bridgehead atoms. The molecule has 1 N–H and O–H groups in total. The van der Waals surface area contributed by atoms with Crippen LogP contribution >= 0.6 is 0 Å². The van der Waals surface area contributed by atoms with Crippen molar-refractivity contribution in [2.45, 2.75) is 31.5 Å². The van der Waals surface area contributed by atoms with Crippen molar-refractivity contribution in [2.24, 2.45) is 0 Å². The van der Waals surface area contributed by atoms with Crippen molar-refractivity contribution >= 4 is 0 Å². The summed E-state index contributed by atoms with van der Waals surface area (Å²) < 4.78 is 16.0. The standard InChI is InChI=1S/C18H27NO4/c1-4-7-23-13-16(20)12-19(15-5-6-15)11-14-8-17(21-2)10-18(9-14)22-3/h4,8-10,15-16,20H,1,5-7,11-13H2,2-3H3/t16-/m0/s1. The first-order valence-corrected chi connectivity index (χ1v) is 7.99. The molecule has 0 spiro atoms. The van der Waals surface area contributed by atoms with Crippen LogP contribution in [-0.4, -0.2) is 56.1 Å². The number of aliphatic hydroxyl groups excluding tert-OH is 1. The van der Waals surface area contributed by atoms with Crippen molar-refractivity contribution in [1.29, 1.82) is 0 Å². The van der Waals surface area contributed by atoms with Gasteiger partial charge >= 0.3 is 0 Å². The van der Waals surface area contributed by atoms with Crippen LogP contribution in [0.5, 0.6) is 11.5 Å². The molecule has 0 unspecified atom stereocenters. The fraction of sp³-hybridized carbons (Fsp3) is 0.556. The number of hydrogen-bond donors (Lipinski definition) is 1. The minimum absolute atomic E-state index is 0.330. The molecular weight excluding hydrogens is 294 g/mol. The largest absolute Gasteiger partial charge is 0.497 e. The molecule has 0 radical (unpaired) electrons. The molecular formula is C18H27NO4. The van der Waals surface area contributed by atoms with Gasteiger partial charge in [0.25, 0.3) is 0 Å². The van der Waals surface area contributed by atoms with E-state index in [-0.39, 0.29) is 0 Å². The fourth-order valence-corrected chi connectivity index (χ4v) is 2.59. The summed E-state index contributed by atoms with van der Waals surface area (Å²) >= 11 is 0. The third-order valence-electron chi connectivity index (χ3n) is 3.85. The van der Waals surface area contributed by atoms with Crippen LogP contribution in [0.2, 0.25) is 0 Å². The maximum Gasteiger partial charge on any atom is 0.122 e. The van der Waals surface area contributed by atoms with Gasteiger partial charge in [-0.2, -0.15) is 0 Å². The van der Waals surface area contributed by atoms with Gasteiger partial charge in [-0.3, -0.25) is 4.90 Å². The number of methoxy groups -OCH3 is 2. The van der Waals surface area contributed by atoms with Gasteiger partial charge in [0, 0.05) is 25.2 Å². The average Bonchev–Trinajstić information content (AvgIpc) is 3.39. The first kappa shape index (κ1) is 17.8. The Kier molecular flexibility index (Phi) is 6.89. The number of nitrogens with zero attached hydrogens (tertiary/aromatic N) is 1. The number of aliphatic hydroxyl groups is 1. The molecule has 0 heterocycles. The molecule has 1 aliphatic carbocycles. The summed E-state index contributed by atoms with van der Waals surface area (Å²) in [7, 11) is 3.30. The Hall–Kier alpha value is -1.56. The molecule has 5 nitrogen and oxygen atoms in total. The zero-order valence-corrected chi connectivity index (χ0v) is 14.0. The average molecular weight is 321 g/mol. The van der Waals surface area contributed by atoms with Crippen LogP contribution in [0, 0.1) is 0 Å². The predicted octanol–water partition coefficient (Wildman–Crippen LogP) is 2.23. The molecule has 1 aromatic carbocycles. The van der Waals surface area contributed by atoms with E-state index in [2.05, 4.69) is 11.5 Å². The first-order valence-electron chi connectivity index (χ1n) is 7.99. The first-order chi connectivity index (χ1) is 11.2. The van der Waals surface area contributed by atoms with Gasteiger partial charge in [0.2, 0.25) is 0 Å². The van der Waals surface area contributed by atoms with E-state index in [9.17, 15) is 5.11 Å². The Bertz CT molecular complexity index is 480. The highest BCUT2D eigenvalue weighted by Gasteiger charge is 2.30. The molecule has 1 aromatic rings. The summed E-state index contributed by atoms with van der Waals surface area (Å²) in [5.41, 5.74) is 1.12. The normalized spacial score (nSPS) is 15.5. The molecule has 1 atom stereocenters. The Morgan fingerprint density at radius 3 is 2.43 bits per heavy atom. The minimum atomic E-state index is -0.497. The molecule has 23 heavy (non-hydrogen) atoms. The summed E-state index contributed by atoms with van der Waals surface area (Å²) in [5.74, 6) is 1.56. The molecule has 1 saturated carbocycles. The molecule has 2 rings (SSSR count). The van der Waals surface area contributed by atoms with Crippen LogP contribution in [-0.2, 0) is 11.3 Å². The lowest BCUT2D eigenvalue weighted by atomic mass is 10.1. The van der Waals surface area contributed by atoms with Gasteiger partial charge in [-0.25, -0.2) is 0 Å². The van der Waals surface area contributed by atoms with E-state index in [1.165, 1.54) is 12.8 Å². The maximum absolute atomic E-state index is 10.2. The molecule has 0 aromatic heterocycles. The number of hydrogen-bond acceptors (Lipinski definition) is 5. The number of ether oxygens (including phenoxy) is 3. The van der Waals surface area contributed by atoms with E-state index in [1.54, 1.807) is 20.3 Å². The Morgan fingerprint density at radius 1 is 1.26 bits per heavy atom. The smallest absolute Gasteiger partial charge is 0.122 e. The van der Waals surface area contributed by atoms with E-state index in [0.29, 0.717) is 25.8 Å². The van der Waals surface area contributed by atoms with Gasteiger partial charge in [0.05, 0.1) is 33.5 Å². The maximum atomic E-state index is 10.2. The van der Waals surface area contributed by atoms with E-state index >= 15 is 0 Å². The Morgan fingerprint density at radius 2 is 1.91 bits per heavy atom. The summed E-state index contributed by atoms with van der Waals surface area (Å²) in [4.78, 5) is 2.30. The topological polar surface area (TPSA) is 51.2 Å². The third kappa shape index (κ3) is 5.86. The molecule has 0 amide bonds. The van der Waals surface area contributed by atoms with Crippen molar-refractivity contribution in [1.82, 2.24) is 4.90 Å². The molecule has 0 aliphatic heterocycles. The van der Waals surface area contributed by atoms with E-state index in [4.69, 9.17) is 14.2 Å².